The lowest BCUT2D eigenvalue weighted by atomic mass is 10.3. The average molecular weight is 465 g/mol. The predicted molar refractivity (Wildman–Crippen MR) is 125 cm³/mol. The molecule has 0 aliphatic rings. The first-order valence-electron chi connectivity index (χ1n) is 9.66. The standard InChI is InChI=1S/C11H14ClN3O.C10H12ClN3O/c1-13-10(6-16-2)11-14-8-4-3-7(12)5-9(8)15-11;1-15-5-7(12)10-13-8-3-2-6(11)4-9(8)14-10/h3-5,10,13H,6H2,1-2H3,(H,14,15);2-4,7H,5,12H2,1H3,(H,13,14)/t10-;7-/m00/s1. The van der Waals surface area contributed by atoms with Gasteiger partial charge in [-0.2, -0.15) is 0 Å². The summed E-state index contributed by atoms with van der Waals surface area (Å²) in [5, 5.41) is 4.53. The molecule has 0 saturated carbocycles. The number of benzene rings is 2. The number of hydrogen-bond donors (Lipinski definition) is 4. The summed E-state index contributed by atoms with van der Waals surface area (Å²) in [5.74, 6) is 1.58. The number of nitrogens with one attached hydrogen (secondary N) is 3. The molecule has 5 N–H and O–H groups in total. The van der Waals surface area contributed by atoms with E-state index in [1.165, 1.54) is 0 Å². The zero-order valence-electron chi connectivity index (χ0n) is 17.6. The summed E-state index contributed by atoms with van der Waals surface area (Å²) in [6.07, 6.45) is 0. The van der Waals surface area contributed by atoms with Crippen LogP contribution in [0.2, 0.25) is 10.0 Å². The first kappa shape index (κ1) is 23.5. The van der Waals surface area contributed by atoms with Gasteiger partial charge in [-0.15, -0.1) is 0 Å². The van der Waals surface area contributed by atoms with Crippen LogP contribution in [0, 0.1) is 0 Å². The SMILES string of the molecule is CN[C@@H](COC)c1nc2ccc(Cl)cc2[nH]1.COC[C@H](N)c1nc2ccc(Cl)cc2[nH]1. The Morgan fingerprint density at radius 3 is 1.94 bits per heavy atom. The number of rotatable bonds is 7. The van der Waals surface area contributed by atoms with Crippen LogP contribution in [0.3, 0.4) is 0 Å². The van der Waals surface area contributed by atoms with Crippen molar-refractivity contribution in [3.63, 3.8) is 0 Å². The van der Waals surface area contributed by atoms with Crippen molar-refractivity contribution in [1.82, 2.24) is 25.3 Å². The highest BCUT2D eigenvalue weighted by atomic mass is 35.5. The van der Waals surface area contributed by atoms with Gasteiger partial charge in [-0.05, 0) is 43.4 Å². The van der Waals surface area contributed by atoms with Crippen molar-refractivity contribution >= 4 is 45.3 Å². The second-order valence-corrected chi connectivity index (χ2v) is 7.80. The zero-order valence-corrected chi connectivity index (χ0v) is 19.1. The minimum Gasteiger partial charge on any atom is -0.383 e. The van der Waals surface area contributed by atoms with E-state index in [9.17, 15) is 0 Å². The number of H-pyrrole nitrogens is 2. The van der Waals surface area contributed by atoms with Crippen LogP contribution in [0.15, 0.2) is 36.4 Å². The maximum atomic E-state index is 5.91. The number of methoxy groups -OCH3 is 2. The fourth-order valence-corrected chi connectivity index (χ4v) is 3.41. The lowest BCUT2D eigenvalue weighted by molar-refractivity contribution is 0.167. The van der Waals surface area contributed by atoms with Gasteiger partial charge in [-0.1, -0.05) is 23.2 Å². The number of nitrogens with zero attached hydrogens (tertiary/aromatic N) is 2. The second kappa shape index (κ2) is 10.9. The smallest absolute Gasteiger partial charge is 0.126 e. The van der Waals surface area contributed by atoms with Crippen molar-refractivity contribution in [1.29, 1.82) is 0 Å². The van der Waals surface area contributed by atoms with Crippen LogP contribution in [0.1, 0.15) is 23.7 Å². The Bertz CT molecular complexity index is 1130. The minimum atomic E-state index is -0.235. The van der Waals surface area contributed by atoms with E-state index in [2.05, 4.69) is 25.3 Å². The molecule has 0 bridgehead atoms. The third-order valence-corrected chi connectivity index (χ3v) is 5.10. The third-order valence-electron chi connectivity index (χ3n) is 4.63. The molecule has 166 valence electrons. The van der Waals surface area contributed by atoms with Crippen LogP contribution in [-0.4, -0.2) is 54.4 Å². The lowest BCUT2D eigenvalue weighted by Gasteiger charge is -2.11. The highest BCUT2D eigenvalue weighted by molar-refractivity contribution is 6.31. The molecule has 0 amide bonds. The molecule has 0 saturated heterocycles. The molecule has 0 aliphatic carbocycles. The summed E-state index contributed by atoms with van der Waals surface area (Å²) in [4.78, 5) is 15.2. The van der Waals surface area contributed by atoms with Crippen LogP contribution >= 0.6 is 23.2 Å². The molecule has 4 rings (SSSR count). The molecule has 0 aliphatic heterocycles. The van der Waals surface area contributed by atoms with E-state index in [-0.39, 0.29) is 12.1 Å². The van der Waals surface area contributed by atoms with Gasteiger partial charge in [0.15, 0.2) is 0 Å². The summed E-state index contributed by atoms with van der Waals surface area (Å²) in [7, 11) is 5.16. The number of aromatic amines is 2. The molecule has 2 heterocycles. The number of fused-ring (bicyclic) bond motifs is 2. The summed E-state index contributed by atoms with van der Waals surface area (Å²) in [6.45, 7) is 1.01. The van der Waals surface area contributed by atoms with E-state index in [0.29, 0.717) is 29.1 Å². The second-order valence-electron chi connectivity index (χ2n) is 6.93. The van der Waals surface area contributed by atoms with Gasteiger partial charge in [-0.3, -0.25) is 0 Å². The van der Waals surface area contributed by atoms with Crippen LogP contribution in [0.4, 0.5) is 0 Å². The number of ether oxygens (including phenoxy) is 2. The monoisotopic (exact) mass is 464 g/mol. The van der Waals surface area contributed by atoms with Gasteiger partial charge < -0.3 is 30.5 Å². The molecule has 2 aromatic carbocycles. The van der Waals surface area contributed by atoms with Gasteiger partial charge in [0.05, 0.1) is 47.4 Å². The number of nitrogens with two attached hydrogens (primary N) is 1. The number of likely N-dealkylation sites (N-methyl/N-ethyl adjacent to an activating group) is 1. The Morgan fingerprint density at radius 2 is 1.42 bits per heavy atom. The highest BCUT2D eigenvalue weighted by Crippen LogP contribution is 2.20. The van der Waals surface area contributed by atoms with Gasteiger partial charge in [0.1, 0.15) is 11.6 Å². The Labute approximate surface area is 190 Å². The van der Waals surface area contributed by atoms with Crippen LogP contribution in [0.5, 0.6) is 0 Å². The molecular formula is C21H26Cl2N6O2. The molecule has 31 heavy (non-hydrogen) atoms. The number of imidazole rings is 2. The number of hydrogen-bond acceptors (Lipinski definition) is 6. The molecule has 0 spiro atoms. The largest absolute Gasteiger partial charge is 0.383 e. The van der Waals surface area contributed by atoms with Gasteiger partial charge in [0.25, 0.3) is 0 Å². The van der Waals surface area contributed by atoms with Crippen molar-refractivity contribution in [2.24, 2.45) is 5.73 Å². The van der Waals surface area contributed by atoms with E-state index in [1.54, 1.807) is 20.3 Å². The van der Waals surface area contributed by atoms with Crippen LogP contribution < -0.4 is 11.1 Å². The normalized spacial score (nSPS) is 13.2. The zero-order chi connectivity index (χ0) is 22.4. The average Bonchev–Trinajstić information content (AvgIpc) is 3.36. The third kappa shape index (κ3) is 5.94. The summed E-state index contributed by atoms with van der Waals surface area (Å²) < 4.78 is 10.1. The summed E-state index contributed by atoms with van der Waals surface area (Å²) >= 11 is 11.8. The van der Waals surface area contributed by atoms with Crippen molar-refractivity contribution in [2.75, 3.05) is 34.5 Å². The van der Waals surface area contributed by atoms with E-state index in [1.807, 2.05) is 37.4 Å². The van der Waals surface area contributed by atoms with Crippen molar-refractivity contribution < 1.29 is 9.47 Å². The van der Waals surface area contributed by atoms with Crippen LogP contribution in [0.25, 0.3) is 22.1 Å². The Hall–Kier alpha value is -2.20. The van der Waals surface area contributed by atoms with E-state index in [4.69, 9.17) is 38.4 Å². The van der Waals surface area contributed by atoms with Crippen molar-refractivity contribution in [3.05, 3.63) is 58.1 Å². The molecule has 2 aromatic heterocycles. The molecule has 0 unspecified atom stereocenters. The Balaban J connectivity index is 0.000000176. The predicted octanol–water partition coefficient (Wildman–Crippen LogP) is 3.99. The van der Waals surface area contributed by atoms with Gasteiger partial charge in [0, 0.05) is 24.3 Å². The molecule has 4 aromatic rings. The maximum Gasteiger partial charge on any atom is 0.126 e. The number of halogens is 2. The topological polar surface area (TPSA) is 114 Å². The molecule has 10 heteroatoms. The molecule has 2 atom stereocenters. The molecule has 8 nitrogen and oxygen atoms in total. The highest BCUT2D eigenvalue weighted by Gasteiger charge is 2.13. The van der Waals surface area contributed by atoms with Gasteiger partial charge in [0.2, 0.25) is 0 Å². The number of aromatic nitrogens is 4. The Kier molecular flexibility index (Phi) is 8.25. The maximum absolute atomic E-state index is 5.91. The van der Waals surface area contributed by atoms with Gasteiger partial charge >= 0.3 is 0 Å². The minimum absolute atomic E-state index is 0.0659. The van der Waals surface area contributed by atoms with Gasteiger partial charge in [-0.25, -0.2) is 9.97 Å². The Morgan fingerprint density at radius 1 is 0.903 bits per heavy atom. The van der Waals surface area contributed by atoms with Crippen molar-refractivity contribution in [3.8, 4) is 0 Å². The first-order valence-corrected chi connectivity index (χ1v) is 10.4. The van der Waals surface area contributed by atoms with E-state index in [0.717, 1.165) is 27.9 Å². The summed E-state index contributed by atoms with van der Waals surface area (Å²) in [6, 6.07) is 10.9. The molecule has 0 fully saturated rings. The molecular weight excluding hydrogens is 439 g/mol. The van der Waals surface area contributed by atoms with Crippen LogP contribution in [-0.2, 0) is 9.47 Å². The van der Waals surface area contributed by atoms with E-state index >= 15 is 0 Å². The van der Waals surface area contributed by atoms with Crippen molar-refractivity contribution in [2.45, 2.75) is 12.1 Å². The quantitative estimate of drug-likeness (QED) is 0.328. The first-order chi connectivity index (χ1) is 14.9. The lowest BCUT2D eigenvalue weighted by Crippen LogP contribution is -2.22. The fraction of sp³-hybridized carbons (Fsp3) is 0.333. The summed E-state index contributed by atoms with van der Waals surface area (Å²) in [5.41, 5.74) is 9.47. The van der Waals surface area contributed by atoms with E-state index < -0.39 is 0 Å². The molecule has 0 radical (unpaired) electrons. The fourth-order valence-electron chi connectivity index (χ4n) is 3.07.